The van der Waals surface area contributed by atoms with Crippen molar-refractivity contribution in [3.63, 3.8) is 0 Å². The molecule has 11 N–H and O–H groups in total. The number of hydrogen-bond donors (Lipinski definition) is 6. The Kier molecular flexibility index (Phi) is 23.2. The Labute approximate surface area is 155 Å². The van der Waals surface area contributed by atoms with Gasteiger partial charge in [-0.3, -0.25) is 5.73 Å². The summed E-state index contributed by atoms with van der Waals surface area (Å²) in [7, 11) is 4.50. The molecule has 0 saturated carbocycles. The van der Waals surface area contributed by atoms with Crippen molar-refractivity contribution < 1.29 is 19.4 Å². The van der Waals surface area contributed by atoms with Crippen LogP contribution in [0.25, 0.3) is 0 Å². The maximum atomic E-state index is 11.8. The topological polar surface area (TPSA) is 194 Å². The Morgan fingerprint density at radius 1 is 0.923 bits per heavy atom. The van der Waals surface area contributed by atoms with Gasteiger partial charge in [0.25, 0.3) is 0 Å². The summed E-state index contributed by atoms with van der Waals surface area (Å²) in [6.07, 6.45) is 2.66. The van der Waals surface area contributed by atoms with Crippen molar-refractivity contribution in [2.24, 2.45) is 28.7 Å². The molecule has 9 nitrogen and oxygen atoms in total. The highest BCUT2D eigenvalue weighted by molar-refractivity contribution is 5.92. The summed E-state index contributed by atoms with van der Waals surface area (Å²) < 4.78 is 5.08. The second kappa shape index (κ2) is 21.0. The second-order valence-electron chi connectivity index (χ2n) is 4.46. The van der Waals surface area contributed by atoms with Crippen LogP contribution in [-0.4, -0.2) is 51.0 Å². The molecule has 1 rings (SSSR count). The van der Waals surface area contributed by atoms with Gasteiger partial charge in [0.15, 0.2) is 6.23 Å². The van der Waals surface area contributed by atoms with E-state index in [9.17, 15) is 9.59 Å². The first-order valence-electron chi connectivity index (χ1n) is 8.27. The predicted molar refractivity (Wildman–Crippen MR) is 105 cm³/mol. The number of esters is 1. The second-order valence-corrected chi connectivity index (χ2v) is 4.46. The molecule has 9 heteroatoms. The Morgan fingerprint density at radius 2 is 1.38 bits per heavy atom. The van der Waals surface area contributed by atoms with Crippen molar-refractivity contribution in [2.75, 3.05) is 27.7 Å². The normalized spacial score (nSPS) is 9.85. The van der Waals surface area contributed by atoms with Crippen LogP contribution in [0.15, 0.2) is 24.3 Å². The van der Waals surface area contributed by atoms with Gasteiger partial charge in [-0.2, -0.15) is 0 Å². The van der Waals surface area contributed by atoms with E-state index in [1.54, 1.807) is 0 Å². The van der Waals surface area contributed by atoms with Gasteiger partial charge < -0.3 is 32.8 Å². The Balaban J connectivity index is -0.000000795. The van der Waals surface area contributed by atoms with Gasteiger partial charge >= 0.3 is 11.9 Å². The lowest BCUT2D eigenvalue weighted by Gasteiger charge is -2.13. The molecule has 0 aromatic heterocycles. The molecule has 0 heterocycles. The maximum absolute atomic E-state index is 11.8. The number of nitrogens with two attached hydrogens (primary N) is 5. The Hall–Kier alpha value is -2.04. The predicted octanol–water partition coefficient (Wildman–Crippen LogP) is 0.0702. The van der Waals surface area contributed by atoms with Crippen LogP contribution in [0.2, 0.25) is 0 Å². The van der Waals surface area contributed by atoms with Crippen molar-refractivity contribution in [1.82, 2.24) is 0 Å². The SMILES string of the molecule is CN.CN.CN.NCCCCCC(N)OC(=O)c1ccc(C(=O)O)cc1. The maximum Gasteiger partial charge on any atom is 0.339 e. The van der Waals surface area contributed by atoms with E-state index >= 15 is 0 Å². The number of hydrogen-bond acceptors (Lipinski definition) is 8. The van der Waals surface area contributed by atoms with Gasteiger partial charge in [0.05, 0.1) is 11.1 Å². The van der Waals surface area contributed by atoms with Crippen LogP contribution in [0.1, 0.15) is 46.4 Å². The molecule has 0 fully saturated rings. The third-order valence-corrected chi connectivity index (χ3v) is 2.82. The van der Waals surface area contributed by atoms with Crippen LogP contribution in [0.3, 0.4) is 0 Å². The molecule has 0 bridgehead atoms. The zero-order valence-corrected chi connectivity index (χ0v) is 16.0. The number of carbonyl (C=O) groups is 2. The smallest absolute Gasteiger partial charge is 0.339 e. The van der Waals surface area contributed by atoms with Crippen LogP contribution in [0, 0.1) is 0 Å². The van der Waals surface area contributed by atoms with E-state index in [0.29, 0.717) is 13.0 Å². The van der Waals surface area contributed by atoms with Gasteiger partial charge in [-0.05, 0) is 71.2 Å². The fraction of sp³-hybridized carbons (Fsp3) is 0.529. The minimum Gasteiger partial charge on any atom is -0.478 e. The zero-order valence-electron chi connectivity index (χ0n) is 16.0. The van der Waals surface area contributed by atoms with Crippen LogP contribution in [-0.2, 0) is 4.74 Å². The summed E-state index contributed by atoms with van der Waals surface area (Å²) in [5.41, 5.74) is 25.0. The highest BCUT2D eigenvalue weighted by Crippen LogP contribution is 2.09. The van der Waals surface area contributed by atoms with Crippen molar-refractivity contribution >= 4 is 11.9 Å². The monoisotopic (exact) mass is 373 g/mol. The number of carbonyl (C=O) groups excluding carboxylic acids is 1. The number of unbranched alkanes of at least 4 members (excludes halogenated alkanes) is 2. The van der Waals surface area contributed by atoms with E-state index in [1.165, 1.54) is 45.4 Å². The van der Waals surface area contributed by atoms with Crippen molar-refractivity contribution in [1.29, 1.82) is 0 Å². The van der Waals surface area contributed by atoms with E-state index in [4.69, 9.17) is 21.3 Å². The number of rotatable bonds is 8. The van der Waals surface area contributed by atoms with Crippen LogP contribution >= 0.6 is 0 Å². The summed E-state index contributed by atoms with van der Waals surface area (Å²) in [6.45, 7) is 0.644. The molecule has 152 valence electrons. The highest BCUT2D eigenvalue weighted by Gasteiger charge is 2.13. The summed E-state index contributed by atoms with van der Waals surface area (Å²) in [4.78, 5) is 22.4. The standard InChI is InChI=1S/C14H20N2O4.3CH5N/c15-9-3-1-2-4-12(16)20-14(19)11-7-5-10(6-8-11)13(17)18;3*1-2/h5-8,12H,1-4,9,15-16H2,(H,17,18);3*2H2,1H3. The van der Waals surface area contributed by atoms with Crippen LogP contribution < -0.4 is 28.7 Å². The largest absolute Gasteiger partial charge is 0.478 e. The lowest BCUT2D eigenvalue weighted by atomic mass is 10.1. The molecule has 0 amide bonds. The van der Waals surface area contributed by atoms with E-state index in [0.717, 1.165) is 19.3 Å². The number of carboxylic acids is 1. The Morgan fingerprint density at radius 3 is 1.81 bits per heavy atom. The summed E-state index contributed by atoms with van der Waals surface area (Å²) in [5.74, 6) is -1.59. The van der Waals surface area contributed by atoms with Gasteiger partial charge in [0.1, 0.15) is 0 Å². The van der Waals surface area contributed by atoms with E-state index in [-0.39, 0.29) is 11.1 Å². The van der Waals surface area contributed by atoms with E-state index in [1.807, 2.05) is 0 Å². The summed E-state index contributed by atoms with van der Waals surface area (Å²) in [5, 5.41) is 8.76. The minimum atomic E-state index is -1.04. The lowest BCUT2D eigenvalue weighted by molar-refractivity contribution is 0.0291. The average Bonchev–Trinajstić information content (AvgIpc) is 2.70. The number of aromatic carboxylic acids is 1. The van der Waals surface area contributed by atoms with Crippen molar-refractivity contribution in [3.05, 3.63) is 35.4 Å². The number of ether oxygens (including phenoxy) is 1. The van der Waals surface area contributed by atoms with Gasteiger partial charge in [0, 0.05) is 0 Å². The first-order chi connectivity index (χ1) is 12.5. The molecule has 1 atom stereocenters. The summed E-state index contributed by atoms with van der Waals surface area (Å²) >= 11 is 0. The molecule has 1 aromatic carbocycles. The number of carboxylic acid groups (broad SMARTS) is 1. The molecule has 0 spiro atoms. The first-order valence-corrected chi connectivity index (χ1v) is 8.27. The molecule has 1 aromatic rings. The Bertz CT molecular complexity index is 455. The minimum absolute atomic E-state index is 0.118. The number of benzene rings is 1. The van der Waals surface area contributed by atoms with E-state index in [2.05, 4.69) is 17.2 Å². The van der Waals surface area contributed by atoms with Gasteiger partial charge in [-0.15, -0.1) is 0 Å². The molecular weight excluding hydrogens is 338 g/mol. The fourth-order valence-corrected chi connectivity index (χ4v) is 1.68. The lowest BCUT2D eigenvalue weighted by Crippen LogP contribution is -2.27. The molecule has 0 radical (unpaired) electrons. The van der Waals surface area contributed by atoms with Crippen molar-refractivity contribution in [2.45, 2.75) is 31.9 Å². The molecule has 0 aliphatic heterocycles. The summed E-state index contributed by atoms with van der Waals surface area (Å²) in [6, 6.07) is 5.53. The molecule has 0 aliphatic rings. The molecular formula is C17H35N5O4. The van der Waals surface area contributed by atoms with Gasteiger partial charge in [0.2, 0.25) is 0 Å². The van der Waals surface area contributed by atoms with Crippen LogP contribution in [0.5, 0.6) is 0 Å². The van der Waals surface area contributed by atoms with Gasteiger partial charge in [-0.1, -0.05) is 6.42 Å². The highest BCUT2D eigenvalue weighted by atomic mass is 16.6. The van der Waals surface area contributed by atoms with Crippen LogP contribution in [0.4, 0.5) is 0 Å². The quantitative estimate of drug-likeness (QED) is 0.207. The third kappa shape index (κ3) is 14.3. The zero-order chi connectivity index (χ0) is 21.0. The fourth-order valence-electron chi connectivity index (χ4n) is 1.68. The van der Waals surface area contributed by atoms with Gasteiger partial charge in [-0.25, -0.2) is 9.59 Å². The van der Waals surface area contributed by atoms with E-state index < -0.39 is 18.2 Å². The molecule has 26 heavy (non-hydrogen) atoms. The molecule has 0 saturated heterocycles. The first kappa shape index (κ1) is 28.8. The van der Waals surface area contributed by atoms with Crippen molar-refractivity contribution in [3.8, 4) is 0 Å². The molecule has 1 unspecified atom stereocenters. The molecule has 0 aliphatic carbocycles. The third-order valence-electron chi connectivity index (χ3n) is 2.82. The average molecular weight is 373 g/mol.